The second-order valence-corrected chi connectivity index (χ2v) is 4.47. The third-order valence-electron chi connectivity index (χ3n) is 3.09. The number of pyridine rings is 1. The summed E-state index contributed by atoms with van der Waals surface area (Å²) in [6, 6.07) is 12.0. The van der Waals surface area contributed by atoms with Crippen molar-refractivity contribution in [3.63, 3.8) is 0 Å². The summed E-state index contributed by atoms with van der Waals surface area (Å²) in [5.74, 6) is 0.735. The smallest absolute Gasteiger partial charge is 0.160 e. The number of hydrogen-bond donors (Lipinski definition) is 1. The molecule has 3 aromatic rings. The maximum Gasteiger partial charge on any atom is 0.160 e. The van der Waals surface area contributed by atoms with E-state index in [-0.39, 0.29) is 0 Å². The normalized spacial score (nSPS) is 9.90. The molecule has 21 heavy (non-hydrogen) atoms. The van der Waals surface area contributed by atoms with Crippen LogP contribution in [0.15, 0.2) is 42.7 Å². The number of fused-ring (bicyclic) bond motifs is 1. The minimum absolute atomic E-state index is 0.735. The number of nitrogens with zero attached hydrogens (tertiary/aromatic N) is 3. The molecule has 2 heterocycles. The Kier molecular flexibility index (Phi) is 4.82. The van der Waals surface area contributed by atoms with Gasteiger partial charge in [0.05, 0.1) is 5.52 Å². The molecule has 0 amide bonds. The minimum atomic E-state index is 0.735. The van der Waals surface area contributed by atoms with E-state index < -0.39 is 0 Å². The first-order valence-electron chi connectivity index (χ1n) is 7.15. The monoisotopic (exact) mass is 280 g/mol. The lowest BCUT2D eigenvalue weighted by atomic mass is 10.2. The second kappa shape index (κ2) is 6.79. The molecule has 0 fully saturated rings. The quantitative estimate of drug-likeness (QED) is 0.755. The van der Waals surface area contributed by atoms with Gasteiger partial charge in [0.2, 0.25) is 0 Å². The molecule has 1 aromatic carbocycles. The van der Waals surface area contributed by atoms with Gasteiger partial charge in [-0.1, -0.05) is 32.0 Å². The zero-order valence-electron chi connectivity index (χ0n) is 12.9. The Balaban J connectivity index is 0.000000774. The molecule has 108 valence electrons. The summed E-state index contributed by atoms with van der Waals surface area (Å²) in [6.45, 7) is 8.03. The number of anilines is 2. The first-order valence-corrected chi connectivity index (χ1v) is 7.15. The lowest BCUT2D eigenvalue weighted by Gasteiger charge is -2.09. The van der Waals surface area contributed by atoms with Crippen LogP contribution < -0.4 is 5.32 Å². The van der Waals surface area contributed by atoms with Crippen molar-refractivity contribution in [1.82, 2.24) is 15.0 Å². The van der Waals surface area contributed by atoms with Crippen LogP contribution in [0.25, 0.3) is 11.0 Å². The third-order valence-corrected chi connectivity index (χ3v) is 3.09. The number of hydrogen-bond acceptors (Lipinski definition) is 4. The van der Waals surface area contributed by atoms with Crippen LogP contribution in [-0.2, 0) is 0 Å². The van der Waals surface area contributed by atoms with E-state index in [0.717, 1.165) is 33.8 Å². The highest BCUT2D eigenvalue weighted by Gasteiger charge is 2.07. The highest BCUT2D eigenvalue weighted by Crippen LogP contribution is 2.22. The Labute approximate surface area is 125 Å². The van der Waals surface area contributed by atoms with Crippen LogP contribution in [0.5, 0.6) is 0 Å². The fourth-order valence-electron chi connectivity index (χ4n) is 1.92. The predicted molar refractivity (Wildman–Crippen MR) is 87.9 cm³/mol. The van der Waals surface area contributed by atoms with E-state index in [1.54, 1.807) is 6.33 Å². The maximum atomic E-state index is 4.58. The molecular formula is C17H20N4. The predicted octanol–water partition coefficient (Wildman–Crippen LogP) is 4.41. The number of aromatic nitrogens is 3. The average molecular weight is 280 g/mol. The van der Waals surface area contributed by atoms with Crippen molar-refractivity contribution >= 4 is 22.5 Å². The molecule has 0 spiro atoms. The summed E-state index contributed by atoms with van der Waals surface area (Å²) >= 11 is 0. The summed E-state index contributed by atoms with van der Waals surface area (Å²) in [6.07, 6.45) is 1.56. The molecule has 0 radical (unpaired) electrons. The molecule has 2 aromatic heterocycles. The van der Waals surface area contributed by atoms with Crippen LogP contribution >= 0.6 is 0 Å². The molecule has 0 atom stereocenters. The van der Waals surface area contributed by atoms with Crippen LogP contribution in [0, 0.1) is 13.8 Å². The van der Waals surface area contributed by atoms with Gasteiger partial charge < -0.3 is 5.32 Å². The number of benzene rings is 1. The van der Waals surface area contributed by atoms with Crippen molar-refractivity contribution in [3.05, 3.63) is 54.0 Å². The molecule has 0 aliphatic heterocycles. The molecule has 1 N–H and O–H groups in total. The molecule has 0 unspecified atom stereocenters. The third kappa shape index (κ3) is 3.34. The van der Waals surface area contributed by atoms with Gasteiger partial charge in [-0.3, -0.25) is 0 Å². The maximum absolute atomic E-state index is 4.58. The average Bonchev–Trinajstić information content (AvgIpc) is 2.52. The molecule has 0 aliphatic rings. The van der Waals surface area contributed by atoms with Crippen LogP contribution in [-0.4, -0.2) is 15.0 Å². The number of rotatable bonds is 2. The molecule has 0 aliphatic carbocycles. The highest BCUT2D eigenvalue weighted by atomic mass is 15.0. The SMILES string of the molecule is CC.Cc1cc2ncnc(Nc3ccccc3)c2nc1C. The summed E-state index contributed by atoms with van der Waals surface area (Å²) in [5, 5.41) is 3.28. The van der Waals surface area contributed by atoms with Gasteiger partial charge in [-0.05, 0) is 37.6 Å². The van der Waals surface area contributed by atoms with E-state index in [9.17, 15) is 0 Å². The summed E-state index contributed by atoms with van der Waals surface area (Å²) in [5.41, 5.74) is 4.78. The van der Waals surface area contributed by atoms with E-state index in [1.807, 2.05) is 64.1 Å². The Morgan fingerprint density at radius 2 is 1.67 bits per heavy atom. The van der Waals surface area contributed by atoms with Crippen molar-refractivity contribution in [2.75, 3.05) is 5.32 Å². The van der Waals surface area contributed by atoms with Crippen molar-refractivity contribution < 1.29 is 0 Å². The lowest BCUT2D eigenvalue weighted by Crippen LogP contribution is -1.99. The van der Waals surface area contributed by atoms with E-state index in [0.29, 0.717) is 0 Å². The van der Waals surface area contributed by atoms with Gasteiger partial charge in [0.15, 0.2) is 5.82 Å². The highest BCUT2D eigenvalue weighted by molar-refractivity contribution is 5.87. The molecule has 4 heteroatoms. The Hall–Kier alpha value is -2.49. The lowest BCUT2D eigenvalue weighted by molar-refractivity contribution is 1.14. The standard InChI is InChI=1S/C15H14N4.C2H6/c1-10-8-13-14(18-11(10)2)15(17-9-16-13)19-12-6-4-3-5-7-12;1-2/h3-9H,1-2H3,(H,16,17,19);1-2H3. The fourth-order valence-corrected chi connectivity index (χ4v) is 1.92. The Morgan fingerprint density at radius 3 is 2.38 bits per heavy atom. The number of nitrogens with one attached hydrogen (secondary N) is 1. The van der Waals surface area contributed by atoms with Crippen LogP contribution in [0.3, 0.4) is 0 Å². The Morgan fingerprint density at radius 1 is 0.952 bits per heavy atom. The van der Waals surface area contributed by atoms with E-state index >= 15 is 0 Å². The summed E-state index contributed by atoms with van der Waals surface area (Å²) < 4.78 is 0. The van der Waals surface area contributed by atoms with Gasteiger partial charge in [0.1, 0.15) is 11.8 Å². The largest absolute Gasteiger partial charge is 0.338 e. The van der Waals surface area contributed by atoms with Gasteiger partial charge >= 0.3 is 0 Å². The zero-order chi connectivity index (χ0) is 15.2. The van der Waals surface area contributed by atoms with Crippen molar-refractivity contribution in [2.45, 2.75) is 27.7 Å². The molecular weight excluding hydrogens is 260 g/mol. The van der Waals surface area contributed by atoms with E-state index in [2.05, 4.69) is 20.3 Å². The molecule has 0 saturated heterocycles. The number of para-hydroxylation sites is 1. The second-order valence-electron chi connectivity index (χ2n) is 4.47. The number of aryl methyl sites for hydroxylation is 2. The van der Waals surface area contributed by atoms with Crippen LogP contribution in [0.2, 0.25) is 0 Å². The van der Waals surface area contributed by atoms with Gasteiger partial charge in [-0.15, -0.1) is 0 Å². The molecule has 4 nitrogen and oxygen atoms in total. The zero-order valence-corrected chi connectivity index (χ0v) is 12.9. The van der Waals surface area contributed by atoms with E-state index in [4.69, 9.17) is 0 Å². The first-order chi connectivity index (χ1) is 10.2. The molecule has 3 rings (SSSR count). The molecule has 0 saturated carbocycles. The van der Waals surface area contributed by atoms with Gasteiger partial charge in [-0.2, -0.15) is 0 Å². The van der Waals surface area contributed by atoms with E-state index in [1.165, 1.54) is 0 Å². The van der Waals surface area contributed by atoms with Gasteiger partial charge in [-0.25, -0.2) is 15.0 Å². The summed E-state index contributed by atoms with van der Waals surface area (Å²) in [4.78, 5) is 13.1. The Bertz CT molecular complexity index is 723. The molecule has 0 bridgehead atoms. The van der Waals surface area contributed by atoms with Crippen molar-refractivity contribution in [3.8, 4) is 0 Å². The topological polar surface area (TPSA) is 50.7 Å². The fraction of sp³-hybridized carbons (Fsp3) is 0.235. The van der Waals surface area contributed by atoms with Crippen molar-refractivity contribution in [1.29, 1.82) is 0 Å². The van der Waals surface area contributed by atoms with Gasteiger partial charge in [0, 0.05) is 11.4 Å². The van der Waals surface area contributed by atoms with Crippen LogP contribution in [0.4, 0.5) is 11.5 Å². The first kappa shape index (κ1) is 14.9. The van der Waals surface area contributed by atoms with Crippen molar-refractivity contribution in [2.24, 2.45) is 0 Å². The van der Waals surface area contributed by atoms with Gasteiger partial charge in [0.25, 0.3) is 0 Å². The van der Waals surface area contributed by atoms with Crippen LogP contribution in [0.1, 0.15) is 25.1 Å². The minimum Gasteiger partial charge on any atom is -0.338 e. The summed E-state index contributed by atoms with van der Waals surface area (Å²) in [7, 11) is 0.